The molecule has 2 aromatic carbocycles. The molecule has 0 saturated carbocycles. The van der Waals surface area contributed by atoms with Crippen LogP contribution in [0.25, 0.3) is 17.1 Å². The molecule has 134 valence electrons. The number of rotatable bonds is 5. The highest BCUT2D eigenvalue weighted by Crippen LogP contribution is 2.25. The largest absolute Gasteiger partial charge is 0.395 e. The van der Waals surface area contributed by atoms with Crippen molar-refractivity contribution >= 4 is 17.5 Å². The first-order chi connectivity index (χ1) is 12.5. The molecule has 26 heavy (non-hydrogen) atoms. The number of nitrogens with one attached hydrogen (secondary N) is 1. The summed E-state index contributed by atoms with van der Waals surface area (Å²) in [6.07, 6.45) is 0. The van der Waals surface area contributed by atoms with Gasteiger partial charge in [-0.05, 0) is 49.2 Å². The van der Waals surface area contributed by atoms with E-state index in [4.69, 9.17) is 16.7 Å². The van der Waals surface area contributed by atoms with E-state index < -0.39 is 5.91 Å². The Morgan fingerprint density at radius 3 is 2.69 bits per heavy atom. The Labute approximate surface area is 156 Å². The number of amides is 1. The first kappa shape index (κ1) is 18.1. The molecule has 0 unspecified atom stereocenters. The van der Waals surface area contributed by atoms with Crippen LogP contribution in [-0.2, 0) is 0 Å². The van der Waals surface area contributed by atoms with Crippen molar-refractivity contribution in [2.24, 2.45) is 0 Å². The highest BCUT2D eigenvalue weighted by molar-refractivity contribution is 6.30. The fourth-order valence-electron chi connectivity index (χ4n) is 2.51. The maximum Gasteiger partial charge on any atom is 0.291 e. The monoisotopic (exact) mass is 370 g/mol. The molecular formula is C19H19ClN4O2. The van der Waals surface area contributed by atoms with E-state index in [0.29, 0.717) is 10.8 Å². The molecule has 2 N–H and O–H groups in total. The molecule has 0 spiro atoms. The van der Waals surface area contributed by atoms with Crippen LogP contribution in [0, 0.1) is 13.8 Å². The number of carbonyl (C=O) groups is 1. The molecule has 0 aliphatic carbocycles. The van der Waals surface area contributed by atoms with E-state index in [1.54, 1.807) is 16.8 Å². The van der Waals surface area contributed by atoms with Gasteiger partial charge in [0.05, 0.1) is 12.3 Å². The maximum atomic E-state index is 12.2. The van der Waals surface area contributed by atoms with E-state index in [9.17, 15) is 4.79 Å². The highest BCUT2D eigenvalue weighted by atomic mass is 35.5. The predicted octanol–water partition coefficient (Wildman–Crippen LogP) is 2.93. The molecule has 0 radical (unpaired) electrons. The molecule has 0 saturated heterocycles. The minimum Gasteiger partial charge on any atom is -0.395 e. The molecule has 0 aliphatic rings. The van der Waals surface area contributed by atoms with Gasteiger partial charge in [0.25, 0.3) is 5.91 Å². The van der Waals surface area contributed by atoms with E-state index in [-0.39, 0.29) is 19.0 Å². The van der Waals surface area contributed by atoms with Gasteiger partial charge < -0.3 is 10.4 Å². The first-order valence-electron chi connectivity index (χ1n) is 8.19. The number of benzene rings is 2. The molecule has 3 rings (SSSR count). The first-order valence-corrected chi connectivity index (χ1v) is 8.57. The van der Waals surface area contributed by atoms with Crippen molar-refractivity contribution < 1.29 is 9.90 Å². The zero-order valence-electron chi connectivity index (χ0n) is 14.5. The van der Waals surface area contributed by atoms with Crippen molar-refractivity contribution in [2.45, 2.75) is 13.8 Å². The fraction of sp³-hybridized carbons (Fsp3) is 0.211. The average Bonchev–Trinajstić information content (AvgIpc) is 3.07. The fourth-order valence-corrected chi connectivity index (χ4v) is 2.70. The lowest BCUT2D eigenvalue weighted by atomic mass is 10.1. The zero-order valence-corrected chi connectivity index (χ0v) is 15.3. The number of hydrogen-bond donors (Lipinski definition) is 2. The molecule has 3 aromatic rings. The van der Waals surface area contributed by atoms with Gasteiger partial charge in [-0.25, -0.2) is 9.67 Å². The van der Waals surface area contributed by atoms with Crippen molar-refractivity contribution in [3.8, 4) is 17.1 Å². The summed E-state index contributed by atoms with van der Waals surface area (Å²) in [5, 5.41) is 16.4. The van der Waals surface area contributed by atoms with E-state index in [1.807, 2.05) is 44.2 Å². The number of aliphatic hydroxyl groups excluding tert-OH is 1. The number of carbonyl (C=O) groups excluding carboxylic acids is 1. The predicted molar refractivity (Wildman–Crippen MR) is 101 cm³/mol. The normalized spacial score (nSPS) is 10.8. The maximum absolute atomic E-state index is 12.2. The Kier molecular flexibility index (Phi) is 5.35. The minimum absolute atomic E-state index is 0.0339. The number of nitrogens with zero attached hydrogens (tertiary/aromatic N) is 3. The lowest BCUT2D eigenvalue weighted by molar-refractivity contribution is 0.0934. The summed E-state index contributed by atoms with van der Waals surface area (Å²) in [6.45, 7) is 4.05. The van der Waals surface area contributed by atoms with Crippen LogP contribution >= 0.6 is 11.6 Å². The number of halogens is 1. The SMILES string of the molecule is Cc1ccc(-n2nc(C(=O)NCCO)nc2-c2cccc(Cl)c2)cc1C. The van der Waals surface area contributed by atoms with Crippen LogP contribution in [-0.4, -0.2) is 38.9 Å². The van der Waals surface area contributed by atoms with E-state index in [1.165, 1.54) is 5.56 Å². The van der Waals surface area contributed by atoms with Crippen LogP contribution in [0.2, 0.25) is 5.02 Å². The minimum atomic E-state index is -0.440. The van der Waals surface area contributed by atoms with Gasteiger partial charge in [-0.3, -0.25) is 4.79 Å². The summed E-state index contributed by atoms with van der Waals surface area (Å²) < 4.78 is 1.63. The van der Waals surface area contributed by atoms with Gasteiger partial charge in [-0.2, -0.15) is 0 Å². The second-order valence-corrected chi connectivity index (χ2v) is 6.37. The third-order valence-corrected chi connectivity index (χ3v) is 4.26. The Hall–Kier alpha value is -2.70. The van der Waals surface area contributed by atoms with Gasteiger partial charge in [0.2, 0.25) is 5.82 Å². The van der Waals surface area contributed by atoms with Crippen molar-refractivity contribution in [3.63, 3.8) is 0 Å². The van der Waals surface area contributed by atoms with Gasteiger partial charge in [0, 0.05) is 17.1 Å². The number of aryl methyl sites for hydroxylation is 2. The van der Waals surface area contributed by atoms with Crippen molar-refractivity contribution in [3.05, 3.63) is 64.4 Å². The second-order valence-electron chi connectivity index (χ2n) is 5.93. The third-order valence-electron chi connectivity index (χ3n) is 4.03. The van der Waals surface area contributed by atoms with Crippen molar-refractivity contribution in [1.29, 1.82) is 0 Å². The molecule has 1 heterocycles. The summed E-state index contributed by atoms with van der Waals surface area (Å²) in [5.41, 5.74) is 3.83. The third kappa shape index (κ3) is 3.76. The quantitative estimate of drug-likeness (QED) is 0.723. The molecule has 1 amide bonds. The lowest BCUT2D eigenvalue weighted by Crippen LogP contribution is -2.27. The van der Waals surface area contributed by atoms with Gasteiger partial charge in [-0.1, -0.05) is 29.8 Å². The standard InChI is InChI=1S/C19H19ClN4O2/c1-12-6-7-16(10-13(12)2)24-18(14-4-3-5-15(20)11-14)22-17(23-24)19(26)21-8-9-25/h3-7,10-11,25H,8-9H2,1-2H3,(H,21,26). The summed E-state index contributed by atoms with van der Waals surface area (Å²) in [4.78, 5) is 16.6. The summed E-state index contributed by atoms with van der Waals surface area (Å²) in [6, 6.07) is 13.2. The van der Waals surface area contributed by atoms with Crippen LogP contribution in [0.1, 0.15) is 21.7 Å². The van der Waals surface area contributed by atoms with Crippen LogP contribution in [0.5, 0.6) is 0 Å². The van der Waals surface area contributed by atoms with Gasteiger partial charge in [0.1, 0.15) is 0 Å². The molecule has 0 aliphatic heterocycles. The number of aromatic nitrogens is 3. The lowest BCUT2D eigenvalue weighted by Gasteiger charge is -2.08. The number of aliphatic hydroxyl groups is 1. The Morgan fingerprint density at radius 2 is 2.00 bits per heavy atom. The van der Waals surface area contributed by atoms with Crippen molar-refractivity contribution in [1.82, 2.24) is 20.1 Å². The van der Waals surface area contributed by atoms with Crippen LogP contribution in [0.4, 0.5) is 0 Å². The van der Waals surface area contributed by atoms with E-state index in [2.05, 4.69) is 15.4 Å². The number of hydrogen-bond acceptors (Lipinski definition) is 4. The van der Waals surface area contributed by atoms with Crippen LogP contribution in [0.15, 0.2) is 42.5 Å². The van der Waals surface area contributed by atoms with Gasteiger partial charge in [0.15, 0.2) is 5.82 Å². The Bertz CT molecular complexity index is 952. The Balaban J connectivity index is 2.12. The van der Waals surface area contributed by atoms with Gasteiger partial charge >= 0.3 is 0 Å². The smallest absolute Gasteiger partial charge is 0.291 e. The molecular weight excluding hydrogens is 352 g/mol. The summed E-state index contributed by atoms with van der Waals surface area (Å²) in [7, 11) is 0. The topological polar surface area (TPSA) is 80.0 Å². The molecule has 0 atom stereocenters. The zero-order chi connectivity index (χ0) is 18.7. The summed E-state index contributed by atoms with van der Waals surface area (Å²) in [5.74, 6) is 0.112. The second kappa shape index (κ2) is 7.68. The molecule has 6 nitrogen and oxygen atoms in total. The van der Waals surface area contributed by atoms with Crippen molar-refractivity contribution in [2.75, 3.05) is 13.2 Å². The average molecular weight is 371 g/mol. The van der Waals surface area contributed by atoms with Crippen LogP contribution < -0.4 is 5.32 Å². The Morgan fingerprint density at radius 1 is 1.19 bits per heavy atom. The molecule has 0 bridgehead atoms. The van der Waals surface area contributed by atoms with Gasteiger partial charge in [-0.15, -0.1) is 5.10 Å². The van der Waals surface area contributed by atoms with E-state index in [0.717, 1.165) is 16.8 Å². The molecule has 1 aromatic heterocycles. The summed E-state index contributed by atoms with van der Waals surface area (Å²) >= 11 is 6.11. The highest BCUT2D eigenvalue weighted by Gasteiger charge is 2.19. The molecule has 7 heteroatoms. The van der Waals surface area contributed by atoms with E-state index >= 15 is 0 Å². The van der Waals surface area contributed by atoms with Crippen LogP contribution in [0.3, 0.4) is 0 Å². The molecule has 0 fully saturated rings.